The predicted octanol–water partition coefficient (Wildman–Crippen LogP) is 3.89. The van der Waals surface area contributed by atoms with Crippen LogP contribution < -0.4 is 0 Å². The summed E-state index contributed by atoms with van der Waals surface area (Å²) < 4.78 is 0. The molecule has 1 saturated carbocycles. The topological polar surface area (TPSA) is 94.8 Å². The summed E-state index contributed by atoms with van der Waals surface area (Å²) in [7, 11) is 0. The van der Waals surface area contributed by atoms with E-state index >= 15 is 0 Å². The Labute approximate surface area is 163 Å². The van der Waals surface area contributed by atoms with Crippen LogP contribution in [0.25, 0.3) is 0 Å². The fourth-order valence-corrected chi connectivity index (χ4v) is 3.82. The van der Waals surface area contributed by atoms with Crippen LogP contribution in [0.2, 0.25) is 0 Å². The highest BCUT2D eigenvalue weighted by Gasteiger charge is 2.39. The molecule has 0 amide bonds. The first kappa shape index (κ1) is 23.6. The molecule has 0 aromatic carbocycles. The molecule has 5 unspecified atom stereocenters. The van der Waals surface area contributed by atoms with Gasteiger partial charge in [0, 0.05) is 24.3 Å². The standard InChI is InChI=1S/C22H36O5/c1-3-4-9-16(2)14-17(23)12-13-19-18(20(24)15-21(19)25)10-7-5-6-8-11-22(26)27/h8,11-13,16-19,21,23,25H,3-7,9-10,14-15H2,1-2H3,(H,26,27)/b11-8-,13-12+. The maximum atomic E-state index is 12.2. The summed E-state index contributed by atoms with van der Waals surface area (Å²) in [5.74, 6) is -0.840. The van der Waals surface area contributed by atoms with E-state index in [2.05, 4.69) is 13.8 Å². The Morgan fingerprint density at radius 2 is 2.04 bits per heavy atom. The van der Waals surface area contributed by atoms with Gasteiger partial charge in [0.2, 0.25) is 0 Å². The van der Waals surface area contributed by atoms with Gasteiger partial charge in [-0.2, -0.15) is 0 Å². The molecular weight excluding hydrogens is 344 g/mol. The van der Waals surface area contributed by atoms with Crippen molar-refractivity contribution >= 4 is 11.8 Å². The lowest BCUT2D eigenvalue weighted by Crippen LogP contribution is -2.19. The molecule has 1 fully saturated rings. The number of carbonyl (C=O) groups is 2. The lowest BCUT2D eigenvalue weighted by Gasteiger charge is -2.18. The van der Waals surface area contributed by atoms with Crippen molar-refractivity contribution in [3.05, 3.63) is 24.3 Å². The van der Waals surface area contributed by atoms with Crippen molar-refractivity contribution in [2.45, 2.75) is 83.8 Å². The molecule has 0 saturated heterocycles. The number of unbranched alkanes of at least 4 members (excludes halogenated alkanes) is 3. The molecule has 0 aromatic rings. The van der Waals surface area contributed by atoms with E-state index in [0.29, 0.717) is 25.2 Å². The van der Waals surface area contributed by atoms with E-state index < -0.39 is 18.2 Å². The molecule has 0 spiro atoms. The van der Waals surface area contributed by atoms with Gasteiger partial charge in [-0.25, -0.2) is 4.79 Å². The minimum absolute atomic E-state index is 0.0871. The Bertz CT molecular complexity index is 511. The van der Waals surface area contributed by atoms with E-state index in [-0.39, 0.29) is 24.0 Å². The minimum atomic E-state index is -0.947. The zero-order valence-electron chi connectivity index (χ0n) is 16.7. The first-order chi connectivity index (χ1) is 12.8. The van der Waals surface area contributed by atoms with Gasteiger partial charge in [0.1, 0.15) is 5.78 Å². The SMILES string of the molecule is CCCCC(C)CC(O)/C=C/C1C(O)CC(=O)C1CCCC/C=C\C(=O)O. The van der Waals surface area contributed by atoms with Crippen LogP contribution in [0.15, 0.2) is 24.3 Å². The third kappa shape index (κ3) is 9.34. The Morgan fingerprint density at radius 3 is 2.70 bits per heavy atom. The molecule has 1 aliphatic rings. The van der Waals surface area contributed by atoms with Crippen molar-refractivity contribution in [1.29, 1.82) is 0 Å². The number of hydrogen-bond acceptors (Lipinski definition) is 4. The molecule has 0 radical (unpaired) electrons. The second kappa shape index (κ2) is 12.8. The molecule has 27 heavy (non-hydrogen) atoms. The van der Waals surface area contributed by atoms with E-state index in [1.165, 1.54) is 0 Å². The molecule has 0 bridgehead atoms. The van der Waals surface area contributed by atoms with Crippen molar-refractivity contribution < 1.29 is 24.9 Å². The Balaban J connectivity index is 2.47. The van der Waals surface area contributed by atoms with Crippen molar-refractivity contribution in [1.82, 2.24) is 0 Å². The molecule has 5 nitrogen and oxygen atoms in total. The maximum Gasteiger partial charge on any atom is 0.327 e. The van der Waals surface area contributed by atoms with Gasteiger partial charge in [-0.3, -0.25) is 4.79 Å². The first-order valence-electron chi connectivity index (χ1n) is 10.3. The summed E-state index contributed by atoms with van der Waals surface area (Å²) in [6.07, 6.45) is 12.4. The largest absolute Gasteiger partial charge is 0.478 e. The third-order valence-electron chi connectivity index (χ3n) is 5.38. The fraction of sp³-hybridized carbons (Fsp3) is 0.727. The van der Waals surface area contributed by atoms with Gasteiger partial charge in [0.05, 0.1) is 12.2 Å². The highest BCUT2D eigenvalue weighted by Crippen LogP contribution is 2.34. The van der Waals surface area contributed by atoms with Crippen LogP contribution in [0.5, 0.6) is 0 Å². The van der Waals surface area contributed by atoms with Gasteiger partial charge in [-0.15, -0.1) is 0 Å². The molecule has 0 aromatic heterocycles. The van der Waals surface area contributed by atoms with E-state index in [0.717, 1.165) is 38.2 Å². The van der Waals surface area contributed by atoms with Gasteiger partial charge >= 0.3 is 5.97 Å². The van der Waals surface area contributed by atoms with Crippen molar-refractivity contribution in [2.24, 2.45) is 17.8 Å². The molecule has 3 N–H and O–H groups in total. The van der Waals surface area contributed by atoms with Crippen molar-refractivity contribution in [3.8, 4) is 0 Å². The van der Waals surface area contributed by atoms with E-state index in [4.69, 9.17) is 5.11 Å². The van der Waals surface area contributed by atoms with Crippen LogP contribution in [-0.2, 0) is 9.59 Å². The molecule has 5 heteroatoms. The number of carboxylic acids is 1. The number of rotatable bonds is 13. The Morgan fingerprint density at radius 1 is 1.30 bits per heavy atom. The molecular formula is C22H36O5. The summed E-state index contributed by atoms with van der Waals surface area (Å²) in [6.45, 7) is 4.30. The highest BCUT2D eigenvalue weighted by atomic mass is 16.4. The van der Waals surface area contributed by atoms with E-state index in [1.54, 1.807) is 12.2 Å². The predicted molar refractivity (Wildman–Crippen MR) is 106 cm³/mol. The molecule has 154 valence electrons. The third-order valence-corrected chi connectivity index (χ3v) is 5.38. The minimum Gasteiger partial charge on any atom is -0.478 e. The number of aliphatic carboxylic acids is 1. The monoisotopic (exact) mass is 380 g/mol. The number of aliphatic hydroxyl groups is 2. The van der Waals surface area contributed by atoms with Gasteiger partial charge in [-0.1, -0.05) is 57.8 Å². The smallest absolute Gasteiger partial charge is 0.327 e. The molecule has 5 atom stereocenters. The lowest BCUT2D eigenvalue weighted by molar-refractivity contribution is -0.131. The molecule has 1 rings (SSSR count). The van der Waals surface area contributed by atoms with Crippen molar-refractivity contribution in [3.63, 3.8) is 0 Å². The van der Waals surface area contributed by atoms with Crippen LogP contribution in [0, 0.1) is 17.8 Å². The van der Waals surface area contributed by atoms with Crippen LogP contribution in [0.3, 0.4) is 0 Å². The highest BCUT2D eigenvalue weighted by molar-refractivity contribution is 5.84. The lowest BCUT2D eigenvalue weighted by atomic mass is 9.88. The second-order valence-corrected chi connectivity index (χ2v) is 7.88. The fourth-order valence-electron chi connectivity index (χ4n) is 3.82. The Hall–Kier alpha value is -1.46. The summed E-state index contributed by atoms with van der Waals surface area (Å²) in [5, 5.41) is 29.0. The van der Waals surface area contributed by atoms with Crippen molar-refractivity contribution in [2.75, 3.05) is 0 Å². The molecule has 0 aliphatic heterocycles. The van der Waals surface area contributed by atoms with Crippen LogP contribution >= 0.6 is 0 Å². The number of carbonyl (C=O) groups excluding carboxylic acids is 1. The number of allylic oxidation sites excluding steroid dienone is 1. The van der Waals surface area contributed by atoms with Crippen LogP contribution in [0.1, 0.15) is 71.6 Å². The quantitative estimate of drug-likeness (QED) is 0.256. The summed E-state index contributed by atoms with van der Waals surface area (Å²) >= 11 is 0. The average molecular weight is 381 g/mol. The number of Topliss-reactive ketones (excluding diaryl/α,β-unsaturated/α-hetero) is 1. The molecule has 1 aliphatic carbocycles. The zero-order chi connectivity index (χ0) is 20.2. The van der Waals surface area contributed by atoms with Crippen LogP contribution in [-0.4, -0.2) is 39.3 Å². The zero-order valence-corrected chi connectivity index (χ0v) is 16.7. The van der Waals surface area contributed by atoms with Gasteiger partial charge < -0.3 is 15.3 Å². The maximum absolute atomic E-state index is 12.2. The Kier molecular flexibility index (Phi) is 11.2. The summed E-state index contributed by atoms with van der Waals surface area (Å²) in [6, 6.07) is 0. The number of aliphatic hydroxyl groups excluding tert-OH is 2. The van der Waals surface area contributed by atoms with Gasteiger partial charge in [0.25, 0.3) is 0 Å². The first-order valence-corrected chi connectivity index (χ1v) is 10.3. The van der Waals surface area contributed by atoms with Crippen LogP contribution in [0.4, 0.5) is 0 Å². The number of carboxylic acid groups (broad SMARTS) is 1. The van der Waals surface area contributed by atoms with E-state index in [9.17, 15) is 19.8 Å². The van der Waals surface area contributed by atoms with E-state index in [1.807, 2.05) is 6.08 Å². The average Bonchev–Trinajstić information content (AvgIpc) is 2.87. The normalized spacial score (nSPS) is 25.5. The second-order valence-electron chi connectivity index (χ2n) is 7.88. The summed E-state index contributed by atoms with van der Waals surface area (Å²) in [4.78, 5) is 22.6. The molecule has 0 heterocycles. The van der Waals surface area contributed by atoms with Gasteiger partial charge in [-0.05, 0) is 31.6 Å². The summed E-state index contributed by atoms with van der Waals surface area (Å²) in [5.41, 5.74) is 0. The number of ketones is 1. The van der Waals surface area contributed by atoms with Gasteiger partial charge in [0.15, 0.2) is 0 Å². The number of hydrogen-bond donors (Lipinski definition) is 3.